The van der Waals surface area contributed by atoms with E-state index in [1.54, 1.807) is 12.1 Å². The Morgan fingerprint density at radius 3 is 2.40 bits per heavy atom. The number of nitrogens with one attached hydrogen (secondary N) is 1. The van der Waals surface area contributed by atoms with Crippen molar-refractivity contribution in [3.63, 3.8) is 0 Å². The molecule has 0 aliphatic carbocycles. The summed E-state index contributed by atoms with van der Waals surface area (Å²) in [7, 11) is -4.50. The zero-order chi connectivity index (χ0) is 22.1. The van der Waals surface area contributed by atoms with Gasteiger partial charge >= 0.3 is 6.18 Å². The summed E-state index contributed by atoms with van der Waals surface area (Å²) in [5.74, 6) is -5.33. The molecule has 0 bridgehead atoms. The molecule has 0 radical (unpaired) electrons. The molecule has 1 heterocycles. The molecule has 12 heteroatoms. The van der Waals surface area contributed by atoms with Crippen LogP contribution < -0.4 is 4.72 Å². The minimum absolute atomic E-state index is 0.0180. The van der Waals surface area contributed by atoms with Crippen molar-refractivity contribution in [2.75, 3.05) is 12.3 Å². The molecule has 0 saturated carbocycles. The SMILES string of the molecule is O=S(=O)(NCCSc1cc(C(F)(F)F)nc2ccccc12)c1ccc(F)c(F)c1F. The molecule has 2 aromatic carbocycles. The van der Waals surface area contributed by atoms with E-state index in [1.165, 1.54) is 12.1 Å². The summed E-state index contributed by atoms with van der Waals surface area (Å²) >= 11 is 0.931. The third kappa shape index (κ3) is 4.71. The van der Waals surface area contributed by atoms with Crippen LogP contribution in [0.5, 0.6) is 0 Å². The van der Waals surface area contributed by atoms with Gasteiger partial charge in [-0.1, -0.05) is 18.2 Å². The van der Waals surface area contributed by atoms with Crippen LogP contribution in [0, 0.1) is 17.5 Å². The monoisotopic (exact) mass is 466 g/mol. The summed E-state index contributed by atoms with van der Waals surface area (Å²) < 4.78 is 105. The molecule has 0 atom stereocenters. The quantitative estimate of drug-likeness (QED) is 0.247. The largest absolute Gasteiger partial charge is 0.433 e. The molecule has 0 aliphatic heterocycles. The predicted molar refractivity (Wildman–Crippen MR) is 99.0 cm³/mol. The second-order valence-electron chi connectivity index (χ2n) is 5.94. The molecule has 30 heavy (non-hydrogen) atoms. The Hall–Kier alpha value is -2.31. The Bertz CT molecular complexity index is 1200. The van der Waals surface area contributed by atoms with Crippen LogP contribution in [0.2, 0.25) is 0 Å². The molecule has 1 N–H and O–H groups in total. The lowest BCUT2D eigenvalue weighted by Gasteiger charge is -2.12. The fraction of sp³-hybridized carbons (Fsp3) is 0.167. The lowest BCUT2D eigenvalue weighted by atomic mass is 10.2. The number of rotatable bonds is 6. The predicted octanol–water partition coefficient (Wildman–Crippen LogP) is 4.74. The molecule has 1 aromatic heterocycles. The minimum Gasteiger partial charge on any atom is -0.243 e. The zero-order valence-corrected chi connectivity index (χ0v) is 16.4. The maximum absolute atomic E-state index is 13.7. The van der Waals surface area contributed by atoms with Gasteiger partial charge in [0.1, 0.15) is 10.6 Å². The number of fused-ring (bicyclic) bond motifs is 1. The second-order valence-corrected chi connectivity index (χ2v) is 8.81. The molecule has 3 rings (SSSR count). The van der Waals surface area contributed by atoms with Crippen molar-refractivity contribution in [2.45, 2.75) is 16.0 Å². The maximum atomic E-state index is 13.7. The van der Waals surface area contributed by atoms with Gasteiger partial charge in [-0.25, -0.2) is 31.3 Å². The van der Waals surface area contributed by atoms with E-state index in [1.807, 2.05) is 4.72 Å². The number of alkyl halides is 3. The molecule has 4 nitrogen and oxygen atoms in total. The summed E-state index contributed by atoms with van der Waals surface area (Å²) in [6.45, 7) is -0.302. The zero-order valence-electron chi connectivity index (χ0n) is 14.8. The van der Waals surface area contributed by atoms with Crippen LogP contribution in [0.3, 0.4) is 0 Å². The van der Waals surface area contributed by atoms with E-state index < -0.39 is 44.2 Å². The normalized spacial score (nSPS) is 12.5. The number of nitrogens with zero attached hydrogens (tertiary/aromatic N) is 1. The average molecular weight is 466 g/mol. The molecule has 3 aromatic rings. The van der Waals surface area contributed by atoms with Gasteiger partial charge in [0.15, 0.2) is 17.5 Å². The highest BCUT2D eigenvalue weighted by Crippen LogP contribution is 2.34. The van der Waals surface area contributed by atoms with Crippen molar-refractivity contribution < 1.29 is 34.8 Å². The number of pyridine rings is 1. The van der Waals surface area contributed by atoms with E-state index in [-0.39, 0.29) is 22.7 Å². The number of sulfonamides is 1. The highest BCUT2D eigenvalue weighted by Gasteiger charge is 2.33. The van der Waals surface area contributed by atoms with Crippen molar-refractivity contribution in [3.8, 4) is 0 Å². The van der Waals surface area contributed by atoms with Crippen molar-refractivity contribution in [3.05, 3.63) is 65.6 Å². The topological polar surface area (TPSA) is 59.1 Å². The molecular weight excluding hydrogens is 454 g/mol. The van der Waals surface area contributed by atoms with Gasteiger partial charge in [-0.2, -0.15) is 13.2 Å². The van der Waals surface area contributed by atoms with E-state index in [2.05, 4.69) is 4.98 Å². The summed E-state index contributed by atoms with van der Waals surface area (Å²) in [5.41, 5.74) is -0.965. The van der Waals surface area contributed by atoms with Gasteiger partial charge in [-0.15, -0.1) is 11.8 Å². The van der Waals surface area contributed by atoms with Crippen LogP contribution in [0.4, 0.5) is 26.3 Å². The lowest BCUT2D eigenvalue weighted by Crippen LogP contribution is -2.27. The van der Waals surface area contributed by atoms with Crippen molar-refractivity contribution in [2.24, 2.45) is 0 Å². The number of para-hydroxylation sites is 1. The minimum atomic E-state index is -4.66. The van der Waals surface area contributed by atoms with Gasteiger partial charge in [0.25, 0.3) is 0 Å². The standard InChI is InChI=1S/C18H12F6N2O2S2/c19-11-5-6-14(17(21)16(11)20)30(27,28)25-7-8-29-13-9-15(18(22,23)24)26-12-4-2-1-3-10(12)13/h1-6,9,25H,7-8H2. The van der Waals surface area contributed by atoms with E-state index in [4.69, 9.17) is 0 Å². The maximum Gasteiger partial charge on any atom is 0.433 e. The van der Waals surface area contributed by atoms with Gasteiger partial charge < -0.3 is 0 Å². The first-order valence-corrected chi connectivity index (χ1v) is 10.7. The molecule has 0 saturated heterocycles. The lowest BCUT2D eigenvalue weighted by molar-refractivity contribution is -0.141. The molecule has 0 fully saturated rings. The Morgan fingerprint density at radius 1 is 1.00 bits per heavy atom. The number of hydrogen-bond donors (Lipinski definition) is 1. The summed E-state index contributed by atoms with van der Waals surface area (Å²) in [4.78, 5) is 2.74. The molecule has 0 amide bonds. The first-order chi connectivity index (χ1) is 14.0. The van der Waals surface area contributed by atoms with Gasteiger partial charge in [0.05, 0.1) is 5.52 Å². The number of benzene rings is 2. The van der Waals surface area contributed by atoms with Crippen molar-refractivity contribution >= 4 is 32.7 Å². The van der Waals surface area contributed by atoms with Crippen LogP contribution in [0.15, 0.2) is 52.3 Å². The van der Waals surface area contributed by atoms with E-state index in [0.29, 0.717) is 17.5 Å². The van der Waals surface area contributed by atoms with Crippen LogP contribution in [-0.4, -0.2) is 25.7 Å². The fourth-order valence-corrected chi connectivity index (χ4v) is 4.71. The molecular formula is C18H12F6N2O2S2. The Balaban J connectivity index is 1.76. The van der Waals surface area contributed by atoms with Crippen LogP contribution in [-0.2, 0) is 16.2 Å². The number of aromatic nitrogens is 1. The fourth-order valence-electron chi connectivity index (χ4n) is 2.54. The highest BCUT2D eigenvalue weighted by molar-refractivity contribution is 7.99. The number of hydrogen-bond acceptors (Lipinski definition) is 4. The van der Waals surface area contributed by atoms with Crippen LogP contribution in [0.25, 0.3) is 10.9 Å². The van der Waals surface area contributed by atoms with Gasteiger partial charge in [-0.05, 0) is 24.3 Å². The van der Waals surface area contributed by atoms with Crippen LogP contribution in [0.1, 0.15) is 5.69 Å². The van der Waals surface area contributed by atoms with Crippen LogP contribution >= 0.6 is 11.8 Å². The molecule has 0 aliphatic rings. The smallest absolute Gasteiger partial charge is 0.243 e. The van der Waals surface area contributed by atoms with E-state index >= 15 is 0 Å². The Labute approximate surface area is 171 Å². The van der Waals surface area contributed by atoms with Gasteiger partial charge in [0.2, 0.25) is 10.0 Å². The van der Waals surface area contributed by atoms with E-state index in [0.717, 1.165) is 17.8 Å². The third-order valence-corrected chi connectivity index (χ3v) is 6.45. The first-order valence-electron chi connectivity index (χ1n) is 8.23. The highest BCUT2D eigenvalue weighted by atomic mass is 32.2. The number of thioether (sulfide) groups is 1. The average Bonchev–Trinajstić information content (AvgIpc) is 2.68. The van der Waals surface area contributed by atoms with Gasteiger partial charge in [0, 0.05) is 22.6 Å². The third-order valence-electron chi connectivity index (χ3n) is 3.91. The van der Waals surface area contributed by atoms with Gasteiger partial charge in [-0.3, -0.25) is 0 Å². The Morgan fingerprint density at radius 2 is 1.70 bits per heavy atom. The molecule has 160 valence electrons. The van der Waals surface area contributed by atoms with E-state index in [9.17, 15) is 34.8 Å². The summed E-state index contributed by atoms with van der Waals surface area (Å²) in [5, 5.41) is 0.449. The molecule has 0 spiro atoms. The van der Waals surface area contributed by atoms with Crippen molar-refractivity contribution in [1.29, 1.82) is 0 Å². The Kier molecular flexibility index (Phi) is 6.29. The summed E-state index contributed by atoms with van der Waals surface area (Å²) in [6, 6.07) is 8.06. The number of halogens is 6. The van der Waals surface area contributed by atoms with Crippen molar-refractivity contribution in [1.82, 2.24) is 9.71 Å². The second kappa shape index (κ2) is 8.44. The summed E-state index contributed by atoms with van der Waals surface area (Å²) in [6.07, 6.45) is -4.66. The molecule has 0 unspecified atom stereocenters. The first kappa shape index (κ1) is 22.4.